The molecule has 128 valence electrons. The van der Waals surface area contributed by atoms with E-state index in [4.69, 9.17) is 5.11 Å². The lowest BCUT2D eigenvalue weighted by atomic mass is 10.2. The van der Waals surface area contributed by atoms with Crippen molar-refractivity contribution in [3.63, 3.8) is 0 Å². The van der Waals surface area contributed by atoms with Gasteiger partial charge < -0.3 is 10.4 Å². The van der Waals surface area contributed by atoms with Gasteiger partial charge in [0.2, 0.25) is 10.0 Å². The summed E-state index contributed by atoms with van der Waals surface area (Å²) in [4.78, 5) is 26.8. The predicted molar refractivity (Wildman–Crippen MR) is 85.0 cm³/mol. The summed E-state index contributed by atoms with van der Waals surface area (Å²) in [6.07, 6.45) is 1.62. The van der Waals surface area contributed by atoms with Crippen molar-refractivity contribution >= 4 is 21.9 Å². The quantitative estimate of drug-likeness (QED) is 0.664. The molecular formula is C14H21N3O5S. The van der Waals surface area contributed by atoms with E-state index in [9.17, 15) is 18.0 Å². The van der Waals surface area contributed by atoms with E-state index in [1.54, 1.807) is 6.92 Å². The van der Waals surface area contributed by atoms with E-state index in [-0.39, 0.29) is 17.0 Å². The number of aryl methyl sites for hydroxylation is 1. The van der Waals surface area contributed by atoms with E-state index in [0.29, 0.717) is 26.1 Å². The third kappa shape index (κ3) is 5.61. The molecule has 0 saturated heterocycles. The zero-order valence-electron chi connectivity index (χ0n) is 13.4. The summed E-state index contributed by atoms with van der Waals surface area (Å²) in [5.41, 5.74) is 0.440. The van der Waals surface area contributed by atoms with Crippen molar-refractivity contribution in [3.8, 4) is 0 Å². The number of sulfonamides is 1. The summed E-state index contributed by atoms with van der Waals surface area (Å²) < 4.78 is 24.2. The second-order valence-corrected chi connectivity index (χ2v) is 6.98. The molecule has 0 aromatic carbocycles. The second kappa shape index (κ2) is 8.02. The highest BCUT2D eigenvalue weighted by Crippen LogP contribution is 2.07. The fraction of sp³-hybridized carbons (Fsp3) is 0.500. The summed E-state index contributed by atoms with van der Waals surface area (Å²) >= 11 is 0. The normalized spacial score (nSPS) is 11.5. The minimum Gasteiger partial charge on any atom is -0.478 e. The summed E-state index contributed by atoms with van der Waals surface area (Å²) in [6, 6.07) is 2.68. The van der Waals surface area contributed by atoms with Gasteiger partial charge >= 0.3 is 5.97 Å². The Labute approximate surface area is 135 Å². The molecule has 0 fully saturated rings. The Kier molecular flexibility index (Phi) is 6.64. The second-order valence-electron chi connectivity index (χ2n) is 5.00. The lowest BCUT2D eigenvalue weighted by Crippen LogP contribution is -2.33. The van der Waals surface area contributed by atoms with Crippen molar-refractivity contribution in [2.45, 2.75) is 20.3 Å². The van der Waals surface area contributed by atoms with Gasteiger partial charge in [-0.1, -0.05) is 6.92 Å². The molecule has 0 unspecified atom stereocenters. The molecule has 23 heavy (non-hydrogen) atoms. The van der Waals surface area contributed by atoms with E-state index in [0.717, 1.165) is 6.26 Å². The van der Waals surface area contributed by atoms with Gasteiger partial charge in [0, 0.05) is 19.6 Å². The molecule has 0 aliphatic carbocycles. The first-order valence-corrected chi connectivity index (χ1v) is 8.96. The van der Waals surface area contributed by atoms with E-state index in [1.807, 2.05) is 0 Å². The van der Waals surface area contributed by atoms with Crippen LogP contribution in [0.4, 0.5) is 0 Å². The first kappa shape index (κ1) is 19.0. The lowest BCUT2D eigenvalue weighted by Gasteiger charge is -2.17. The SMILES string of the molecule is CCN(CCCNC(=O)c1ccc(C(=O)O)c(C)n1)S(C)(=O)=O. The number of rotatable bonds is 8. The number of pyridine rings is 1. The number of nitrogens with one attached hydrogen (secondary N) is 1. The van der Waals surface area contributed by atoms with Crippen LogP contribution in [0.3, 0.4) is 0 Å². The van der Waals surface area contributed by atoms with Crippen molar-refractivity contribution in [3.05, 3.63) is 29.1 Å². The number of hydrogen-bond acceptors (Lipinski definition) is 5. The van der Waals surface area contributed by atoms with Crippen molar-refractivity contribution < 1.29 is 23.1 Å². The molecule has 1 heterocycles. The lowest BCUT2D eigenvalue weighted by molar-refractivity contribution is 0.0694. The Bertz CT molecular complexity index is 688. The molecule has 9 heteroatoms. The third-order valence-corrected chi connectivity index (χ3v) is 4.62. The molecule has 0 bridgehead atoms. The molecule has 2 N–H and O–H groups in total. The van der Waals surface area contributed by atoms with Crippen LogP contribution >= 0.6 is 0 Å². The molecule has 0 aliphatic heterocycles. The molecule has 1 aromatic heterocycles. The van der Waals surface area contributed by atoms with Crippen LogP contribution in [0.15, 0.2) is 12.1 Å². The van der Waals surface area contributed by atoms with Crippen LogP contribution in [0.1, 0.15) is 39.9 Å². The Morgan fingerprint density at radius 1 is 1.35 bits per heavy atom. The molecule has 1 aromatic rings. The molecule has 0 aliphatic rings. The van der Waals surface area contributed by atoms with Crippen molar-refractivity contribution in [2.24, 2.45) is 0 Å². The van der Waals surface area contributed by atoms with Gasteiger partial charge in [-0.05, 0) is 25.5 Å². The van der Waals surface area contributed by atoms with E-state index >= 15 is 0 Å². The van der Waals surface area contributed by atoms with Gasteiger partial charge in [-0.2, -0.15) is 0 Å². The van der Waals surface area contributed by atoms with Crippen LogP contribution < -0.4 is 5.32 Å². The highest BCUT2D eigenvalue weighted by molar-refractivity contribution is 7.88. The minimum atomic E-state index is -3.23. The number of carbonyl (C=O) groups is 2. The van der Waals surface area contributed by atoms with Gasteiger partial charge in [0.15, 0.2) is 0 Å². The maximum atomic E-state index is 11.9. The van der Waals surface area contributed by atoms with Gasteiger partial charge in [0.25, 0.3) is 5.91 Å². The van der Waals surface area contributed by atoms with Crippen LogP contribution in [0.5, 0.6) is 0 Å². The van der Waals surface area contributed by atoms with Crippen LogP contribution in [-0.2, 0) is 10.0 Å². The highest BCUT2D eigenvalue weighted by Gasteiger charge is 2.15. The van der Waals surface area contributed by atoms with E-state index < -0.39 is 21.9 Å². The van der Waals surface area contributed by atoms with Crippen LogP contribution in [0, 0.1) is 6.92 Å². The van der Waals surface area contributed by atoms with Gasteiger partial charge in [0.05, 0.1) is 17.5 Å². The topological polar surface area (TPSA) is 117 Å². The number of hydrogen-bond donors (Lipinski definition) is 2. The fourth-order valence-corrected chi connectivity index (χ4v) is 2.95. The number of amides is 1. The van der Waals surface area contributed by atoms with Gasteiger partial charge in [-0.15, -0.1) is 0 Å². The average molecular weight is 343 g/mol. The monoisotopic (exact) mass is 343 g/mol. The molecule has 0 spiro atoms. The van der Waals surface area contributed by atoms with Crippen molar-refractivity contribution in [1.82, 2.24) is 14.6 Å². The average Bonchev–Trinajstić information content (AvgIpc) is 2.45. The molecule has 1 amide bonds. The van der Waals surface area contributed by atoms with E-state index in [1.165, 1.54) is 23.4 Å². The molecule has 0 atom stereocenters. The molecular weight excluding hydrogens is 322 g/mol. The first-order chi connectivity index (χ1) is 10.7. The van der Waals surface area contributed by atoms with Gasteiger partial charge in [-0.3, -0.25) is 4.79 Å². The molecule has 8 nitrogen and oxygen atoms in total. The van der Waals surface area contributed by atoms with Crippen molar-refractivity contribution in [1.29, 1.82) is 0 Å². The van der Waals surface area contributed by atoms with Crippen molar-refractivity contribution in [2.75, 3.05) is 25.9 Å². The maximum Gasteiger partial charge on any atom is 0.337 e. The van der Waals surface area contributed by atoms with Crippen LogP contribution in [0.2, 0.25) is 0 Å². The number of carbonyl (C=O) groups excluding carboxylic acids is 1. The Morgan fingerprint density at radius 3 is 2.48 bits per heavy atom. The summed E-state index contributed by atoms with van der Waals surface area (Å²) in [5.74, 6) is -1.52. The number of nitrogens with zero attached hydrogens (tertiary/aromatic N) is 2. The zero-order valence-corrected chi connectivity index (χ0v) is 14.2. The minimum absolute atomic E-state index is 0.0493. The maximum absolute atomic E-state index is 11.9. The fourth-order valence-electron chi connectivity index (χ4n) is 2.02. The van der Waals surface area contributed by atoms with Crippen LogP contribution in [-0.4, -0.2) is 60.6 Å². The zero-order chi connectivity index (χ0) is 17.6. The molecule has 1 rings (SSSR count). The summed E-state index contributed by atoms with van der Waals surface area (Å²) in [5, 5.41) is 11.6. The number of aromatic nitrogens is 1. The Hall–Kier alpha value is -2.00. The predicted octanol–water partition coefficient (Wildman–Crippen LogP) is 0.490. The standard InChI is InChI=1S/C14H21N3O5S/c1-4-17(23(3,21)22)9-5-8-15-13(18)12-7-6-11(14(19)20)10(2)16-12/h6-7H,4-5,8-9H2,1-3H3,(H,15,18)(H,19,20). The Morgan fingerprint density at radius 2 is 2.00 bits per heavy atom. The highest BCUT2D eigenvalue weighted by atomic mass is 32.2. The van der Waals surface area contributed by atoms with Gasteiger partial charge in [-0.25, -0.2) is 22.5 Å². The molecule has 0 saturated carbocycles. The largest absolute Gasteiger partial charge is 0.478 e. The summed E-state index contributed by atoms with van der Waals surface area (Å²) in [6.45, 7) is 4.26. The smallest absolute Gasteiger partial charge is 0.337 e. The first-order valence-electron chi connectivity index (χ1n) is 7.11. The number of carboxylic acid groups (broad SMARTS) is 1. The number of aromatic carboxylic acids is 1. The number of carboxylic acids is 1. The summed E-state index contributed by atoms with van der Waals surface area (Å²) in [7, 11) is -3.23. The van der Waals surface area contributed by atoms with Gasteiger partial charge in [0.1, 0.15) is 5.69 Å². The Balaban J connectivity index is 2.55. The van der Waals surface area contributed by atoms with Crippen LogP contribution in [0.25, 0.3) is 0 Å². The van der Waals surface area contributed by atoms with E-state index in [2.05, 4.69) is 10.3 Å². The third-order valence-electron chi connectivity index (χ3n) is 3.24. The molecule has 0 radical (unpaired) electrons.